The van der Waals surface area contributed by atoms with Gasteiger partial charge in [0, 0.05) is 12.1 Å². The van der Waals surface area contributed by atoms with E-state index in [9.17, 15) is 4.79 Å². The minimum atomic E-state index is 0.208. The second kappa shape index (κ2) is 5.20. The highest BCUT2D eigenvalue weighted by atomic mass is 16.1. The number of amides is 1. The molecule has 2 aliphatic rings. The molecule has 1 aromatic carbocycles. The van der Waals surface area contributed by atoms with Crippen LogP contribution < -0.4 is 5.32 Å². The van der Waals surface area contributed by atoms with Gasteiger partial charge in [0.2, 0.25) is 5.91 Å². The predicted octanol–water partition coefficient (Wildman–Crippen LogP) is 3.67. The van der Waals surface area contributed by atoms with Crippen molar-refractivity contribution in [2.24, 2.45) is 5.92 Å². The van der Waals surface area contributed by atoms with E-state index in [0.717, 1.165) is 19.3 Å². The Morgan fingerprint density at radius 3 is 2.95 bits per heavy atom. The Balaban J connectivity index is 2.01. The summed E-state index contributed by atoms with van der Waals surface area (Å²) in [6.45, 7) is 2.22. The van der Waals surface area contributed by atoms with Crippen LogP contribution in [0.3, 0.4) is 0 Å². The fraction of sp³-hybridized carbons (Fsp3) is 0.471. The molecule has 1 aromatic rings. The molecule has 1 atom stereocenters. The molecule has 1 aliphatic heterocycles. The first-order chi connectivity index (χ1) is 9.29. The summed E-state index contributed by atoms with van der Waals surface area (Å²) in [5.74, 6) is 0.629. The molecule has 0 radical (unpaired) electrons. The predicted molar refractivity (Wildman–Crippen MR) is 77.5 cm³/mol. The van der Waals surface area contributed by atoms with Gasteiger partial charge in [-0.2, -0.15) is 0 Å². The highest BCUT2D eigenvalue weighted by Crippen LogP contribution is 2.40. The largest absolute Gasteiger partial charge is 0.329 e. The van der Waals surface area contributed by atoms with E-state index in [0.29, 0.717) is 12.3 Å². The van der Waals surface area contributed by atoms with E-state index < -0.39 is 0 Å². The number of carbonyl (C=O) groups is 1. The Bertz CT molecular complexity index is 530. The normalized spacial score (nSPS) is 21.7. The molecule has 2 heteroatoms. The van der Waals surface area contributed by atoms with E-state index in [-0.39, 0.29) is 5.91 Å². The Kier molecular flexibility index (Phi) is 3.41. The molecule has 0 saturated heterocycles. The second-order valence-corrected chi connectivity index (χ2v) is 5.64. The number of hydrogen-bond acceptors (Lipinski definition) is 1. The average Bonchev–Trinajstić information content (AvgIpc) is 2.44. The topological polar surface area (TPSA) is 29.1 Å². The van der Waals surface area contributed by atoms with Gasteiger partial charge in [0.05, 0.1) is 0 Å². The third kappa shape index (κ3) is 2.32. The van der Waals surface area contributed by atoms with Crippen molar-refractivity contribution >= 4 is 11.5 Å². The minimum Gasteiger partial charge on any atom is -0.329 e. The van der Waals surface area contributed by atoms with Crippen LogP contribution in [0.5, 0.6) is 0 Å². The number of aryl methyl sites for hydroxylation is 1. The zero-order chi connectivity index (χ0) is 13.2. The minimum absolute atomic E-state index is 0.208. The number of carbonyl (C=O) groups excluding carboxylic acids is 1. The first kappa shape index (κ1) is 12.5. The van der Waals surface area contributed by atoms with Crippen molar-refractivity contribution in [3.63, 3.8) is 0 Å². The van der Waals surface area contributed by atoms with E-state index in [1.165, 1.54) is 35.2 Å². The summed E-state index contributed by atoms with van der Waals surface area (Å²) in [4.78, 5) is 11.9. The quantitative estimate of drug-likeness (QED) is 0.877. The van der Waals surface area contributed by atoms with Crippen LogP contribution in [0, 0.1) is 5.92 Å². The van der Waals surface area contributed by atoms with Crippen LogP contribution in [0.2, 0.25) is 0 Å². The van der Waals surface area contributed by atoms with Crippen LogP contribution in [-0.4, -0.2) is 5.91 Å². The lowest BCUT2D eigenvalue weighted by molar-refractivity contribution is -0.121. The molecule has 1 unspecified atom stereocenters. The van der Waals surface area contributed by atoms with Crippen LogP contribution in [0.25, 0.3) is 5.57 Å². The Morgan fingerprint density at radius 2 is 2.11 bits per heavy atom. The molecular formula is C17H21NO. The highest BCUT2D eigenvalue weighted by Gasteiger charge is 2.31. The number of unbranched alkanes of at least 4 members (excludes halogenated alkanes) is 1. The van der Waals surface area contributed by atoms with Crippen LogP contribution in [-0.2, 0) is 11.2 Å². The monoisotopic (exact) mass is 255 g/mol. The van der Waals surface area contributed by atoms with Gasteiger partial charge in [-0.1, -0.05) is 44.0 Å². The van der Waals surface area contributed by atoms with Gasteiger partial charge in [-0.05, 0) is 41.9 Å². The summed E-state index contributed by atoms with van der Waals surface area (Å²) in [7, 11) is 0. The maximum atomic E-state index is 11.9. The highest BCUT2D eigenvalue weighted by molar-refractivity contribution is 5.89. The molecule has 0 fully saturated rings. The van der Waals surface area contributed by atoms with Crippen molar-refractivity contribution < 1.29 is 4.79 Å². The van der Waals surface area contributed by atoms with Crippen molar-refractivity contribution in [2.45, 2.75) is 45.4 Å². The summed E-state index contributed by atoms with van der Waals surface area (Å²) in [6.07, 6.45) is 6.24. The van der Waals surface area contributed by atoms with Gasteiger partial charge in [-0.3, -0.25) is 4.79 Å². The first-order valence-corrected chi connectivity index (χ1v) is 7.40. The molecule has 0 saturated carbocycles. The van der Waals surface area contributed by atoms with E-state index in [1.807, 2.05) is 0 Å². The molecule has 2 nitrogen and oxygen atoms in total. The summed E-state index contributed by atoms with van der Waals surface area (Å²) in [5, 5.41) is 3.11. The Hall–Kier alpha value is -1.57. The smallest absolute Gasteiger partial charge is 0.224 e. The fourth-order valence-electron chi connectivity index (χ4n) is 3.40. The lowest BCUT2D eigenvalue weighted by atomic mass is 9.76. The molecule has 1 heterocycles. The number of benzene rings is 1. The molecule has 100 valence electrons. The number of nitrogens with one attached hydrogen (secondary N) is 1. The van der Waals surface area contributed by atoms with Crippen molar-refractivity contribution in [2.75, 3.05) is 0 Å². The lowest BCUT2D eigenvalue weighted by Crippen LogP contribution is -2.34. The molecule has 19 heavy (non-hydrogen) atoms. The standard InChI is InChI=1S/C17H21NO/c1-2-3-6-13-11-16(19)18-15-10-9-12-7-4-5-8-14(12)17(13)15/h4-5,7-8,13H,2-3,6,9-11H2,1H3,(H,18,19). The van der Waals surface area contributed by atoms with Gasteiger partial charge in [0.25, 0.3) is 0 Å². The summed E-state index contributed by atoms with van der Waals surface area (Å²) < 4.78 is 0. The number of allylic oxidation sites excluding steroid dienone is 2. The third-order valence-corrected chi connectivity index (χ3v) is 4.31. The molecule has 0 bridgehead atoms. The van der Waals surface area contributed by atoms with Crippen LogP contribution in [0.4, 0.5) is 0 Å². The number of fused-ring (bicyclic) bond motifs is 2. The second-order valence-electron chi connectivity index (χ2n) is 5.64. The van der Waals surface area contributed by atoms with Crippen molar-refractivity contribution in [1.82, 2.24) is 5.32 Å². The van der Waals surface area contributed by atoms with Crippen molar-refractivity contribution in [3.8, 4) is 0 Å². The summed E-state index contributed by atoms with van der Waals surface area (Å²) in [5.41, 5.74) is 5.44. The zero-order valence-corrected chi connectivity index (χ0v) is 11.5. The molecule has 1 aliphatic carbocycles. The maximum Gasteiger partial charge on any atom is 0.224 e. The zero-order valence-electron chi connectivity index (χ0n) is 11.5. The van der Waals surface area contributed by atoms with Gasteiger partial charge < -0.3 is 5.32 Å². The van der Waals surface area contributed by atoms with E-state index in [1.54, 1.807) is 0 Å². The van der Waals surface area contributed by atoms with Gasteiger partial charge in [-0.25, -0.2) is 0 Å². The van der Waals surface area contributed by atoms with E-state index >= 15 is 0 Å². The summed E-state index contributed by atoms with van der Waals surface area (Å²) >= 11 is 0. The van der Waals surface area contributed by atoms with E-state index in [4.69, 9.17) is 0 Å². The van der Waals surface area contributed by atoms with E-state index in [2.05, 4.69) is 36.5 Å². The van der Waals surface area contributed by atoms with Crippen molar-refractivity contribution in [1.29, 1.82) is 0 Å². The average molecular weight is 255 g/mol. The van der Waals surface area contributed by atoms with Crippen LogP contribution in [0.15, 0.2) is 30.0 Å². The fourth-order valence-corrected chi connectivity index (χ4v) is 3.40. The molecule has 1 N–H and O–H groups in total. The first-order valence-electron chi connectivity index (χ1n) is 7.40. The number of hydrogen-bond donors (Lipinski definition) is 1. The SMILES string of the molecule is CCCCC1CC(=O)NC2=C1c1ccccc1CC2. The van der Waals surface area contributed by atoms with Crippen LogP contribution in [0.1, 0.15) is 50.2 Å². The number of rotatable bonds is 3. The lowest BCUT2D eigenvalue weighted by Gasteiger charge is -2.33. The maximum absolute atomic E-state index is 11.9. The molecule has 0 aromatic heterocycles. The van der Waals surface area contributed by atoms with Gasteiger partial charge >= 0.3 is 0 Å². The Morgan fingerprint density at radius 1 is 1.26 bits per heavy atom. The van der Waals surface area contributed by atoms with Crippen LogP contribution >= 0.6 is 0 Å². The molecule has 1 amide bonds. The van der Waals surface area contributed by atoms with Gasteiger partial charge in [-0.15, -0.1) is 0 Å². The van der Waals surface area contributed by atoms with Gasteiger partial charge in [0.1, 0.15) is 0 Å². The third-order valence-electron chi connectivity index (χ3n) is 4.31. The summed E-state index contributed by atoms with van der Waals surface area (Å²) in [6, 6.07) is 8.68. The van der Waals surface area contributed by atoms with Crippen molar-refractivity contribution in [3.05, 3.63) is 41.1 Å². The molecular weight excluding hydrogens is 234 g/mol. The molecule has 0 spiro atoms. The molecule has 3 rings (SSSR count). The Labute approximate surface area is 114 Å². The van der Waals surface area contributed by atoms with Gasteiger partial charge in [0.15, 0.2) is 0 Å².